The predicted octanol–water partition coefficient (Wildman–Crippen LogP) is -1.64. The summed E-state index contributed by atoms with van der Waals surface area (Å²) in [6.07, 6.45) is 0. The van der Waals surface area contributed by atoms with Crippen molar-refractivity contribution in [3.8, 4) is 0 Å². The molecule has 0 aliphatic rings. The number of hydrogen-bond acceptors (Lipinski definition) is 4. The Morgan fingerprint density at radius 2 is 2.15 bits per heavy atom. The first-order valence-corrected chi connectivity index (χ1v) is 5.38. The average Bonchev–Trinajstić information content (AvgIpc) is 2.10. The van der Waals surface area contributed by atoms with Gasteiger partial charge in [0, 0.05) is 33.8 Å². The highest BCUT2D eigenvalue weighted by Gasteiger charge is 2.15. The van der Waals surface area contributed by atoms with Gasteiger partial charge in [-0.1, -0.05) is 0 Å². The van der Waals surface area contributed by atoms with Crippen LogP contribution in [-0.2, 0) is 14.9 Å². The maximum atomic E-state index is 11.3. The number of likely N-dealkylation sites (N-methyl/N-ethyl adjacent to an activating group) is 1. The van der Waals surface area contributed by atoms with Crippen LogP contribution in [0, 0.1) is 0 Å². The number of ether oxygens (including phenoxy) is 1. The molecule has 0 amide bonds. The highest BCUT2D eigenvalue weighted by Crippen LogP contribution is 1.91. The summed E-state index contributed by atoms with van der Waals surface area (Å²) in [4.78, 5) is 0. The van der Waals surface area contributed by atoms with Gasteiger partial charge >= 0.3 is 0 Å². The van der Waals surface area contributed by atoms with Crippen molar-refractivity contribution in [1.82, 2.24) is 9.03 Å². The number of hydrogen-bond donors (Lipinski definition) is 2. The maximum Gasteiger partial charge on any atom is 0.279 e. The van der Waals surface area contributed by atoms with Crippen LogP contribution < -0.4 is 10.5 Å². The topological polar surface area (TPSA) is 84.7 Å². The van der Waals surface area contributed by atoms with Gasteiger partial charge in [0.1, 0.15) is 0 Å². The van der Waals surface area contributed by atoms with Gasteiger partial charge in [-0.2, -0.15) is 12.7 Å². The Kier molecular flexibility index (Phi) is 6.17. The predicted molar refractivity (Wildman–Crippen MR) is 50.5 cm³/mol. The summed E-state index contributed by atoms with van der Waals surface area (Å²) >= 11 is 0. The average molecular weight is 211 g/mol. The smallest absolute Gasteiger partial charge is 0.279 e. The normalized spacial score (nSPS) is 12.3. The summed E-state index contributed by atoms with van der Waals surface area (Å²) in [6.45, 7) is 1.24. The number of nitrogens with zero attached hydrogens (tertiary/aromatic N) is 1. The van der Waals surface area contributed by atoms with E-state index < -0.39 is 10.2 Å². The molecule has 0 unspecified atom stereocenters. The lowest BCUT2D eigenvalue weighted by molar-refractivity contribution is 0.184. The van der Waals surface area contributed by atoms with Gasteiger partial charge in [0.05, 0.1) is 6.61 Å². The SMILES string of the molecule is COCCN(C)S(=O)(=O)NCCN. The first-order valence-electron chi connectivity index (χ1n) is 3.94. The molecule has 0 aromatic heterocycles. The van der Waals surface area contributed by atoms with Crippen molar-refractivity contribution in [3.63, 3.8) is 0 Å². The summed E-state index contributed by atoms with van der Waals surface area (Å²) in [6, 6.07) is 0. The summed E-state index contributed by atoms with van der Waals surface area (Å²) in [5.74, 6) is 0. The standard InChI is InChI=1S/C6H17N3O3S/c1-9(5-6-12-2)13(10,11)8-4-3-7/h8H,3-7H2,1-2H3. The van der Waals surface area contributed by atoms with Crippen LogP contribution >= 0.6 is 0 Å². The quantitative estimate of drug-likeness (QED) is 0.529. The molecule has 13 heavy (non-hydrogen) atoms. The van der Waals surface area contributed by atoms with E-state index in [4.69, 9.17) is 10.5 Å². The minimum Gasteiger partial charge on any atom is -0.383 e. The Morgan fingerprint density at radius 3 is 2.62 bits per heavy atom. The van der Waals surface area contributed by atoms with Crippen molar-refractivity contribution < 1.29 is 13.2 Å². The summed E-state index contributed by atoms with van der Waals surface area (Å²) in [7, 11) is -0.366. The number of methoxy groups -OCH3 is 1. The first kappa shape index (κ1) is 12.8. The minimum absolute atomic E-state index is 0.250. The third kappa shape index (κ3) is 5.17. The summed E-state index contributed by atoms with van der Waals surface area (Å²) in [5.41, 5.74) is 5.17. The molecule has 0 heterocycles. The largest absolute Gasteiger partial charge is 0.383 e. The van der Waals surface area contributed by atoms with Crippen LogP contribution in [0.3, 0.4) is 0 Å². The first-order chi connectivity index (χ1) is 6.04. The molecule has 0 aliphatic heterocycles. The Hall–Kier alpha value is -0.210. The molecule has 0 bridgehead atoms. The monoisotopic (exact) mass is 211 g/mol. The van der Waals surface area contributed by atoms with Gasteiger partial charge in [0.25, 0.3) is 10.2 Å². The second kappa shape index (κ2) is 6.28. The minimum atomic E-state index is -3.37. The lowest BCUT2D eigenvalue weighted by Gasteiger charge is -2.16. The second-order valence-electron chi connectivity index (χ2n) is 2.50. The van der Waals surface area contributed by atoms with E-state index in [1.807, 2.05) is 0 Å². The molecule has 0 spiro atoms. The van der Waals surface area contributed by atoms with Crippen LogP contribution in [0.25, 0.3) is 0 Å². The van der Waals surface area contributed by atoms with Gasteiger partial charge in [0.2, 0.25) is 0 Å². The summed E-state index contributed by atoms with van der Waals surface area (Å²) < 4.78 is 30.9. The van der Waals surface area contributed by atoms with Crippen LogP contribution in [0.1, 0.15) is 0 Å². The zero-order valence-electron chi connectivity index (χ0n) is 7.99. The zero-order valence-corrected chi connectivity index (χ0v) is 8.80. The van der Waals surface area contributed by atoms with Crippen LogP contribution in [0.5, 0.6) is 0 Å². The van der Waals surface area contributed by atoms with Crippen LogP contribution in [-0.4, -0.2) is 53.1 Å². The van der Waals surface area contributed by atoms with E-state index in [1.54, 1.807) is 0 Å². The van der Waals surface area contributed by atoms with E-state index in [2.05, 4.69) is 4.72 Å². The molecule has 0 atom stereocenters. The van der Waals surface area contributed by atoms with E-state index in [0.29, 0.717) is 13.2 Å². The van der Waals surface area contributed by atoms with Crippen LogP contribution in [0.4, 0.5) is 0 Å². The molecule has 7 heteroatoms. The molecule has 0 saturated carbocycles. The van der Waals surface area contributed by atoms with Gasteiger partial charge in [-0.05, 0) is 0 Å². The van der Waals surface area contributed by atoms with Gasteiger partial charge < -0.3 is 10.5 Å². The fourth-order valence-electron chi connectivity index (χ4n) is 0.638. The van der Waals surface area contributed by atoms with Crippen molar-refractivity contribution >= 4 is 10.2 Å². The van der Waals surface area contributed by atoms with Gasteiger partial charge in [-0.25, -0.2) is 4.72 Å². The molecular weight excluding hydrogens is 194 g/mol. The van der Waals surface area contributed by atoms with Crippen LogP contribution in [0.15, 0.2) is 0 Å². The third-order valence-corrected chi connectivity index (χ3v) is 3.02. The molecule has 0 fully saturated rings. The maximum absolute atomic E-state index is 11.3. The molecule has 6 nitrogen and oxygen atoms in total. The Balaban J connectivity index is 3.96. The van der Waals surface area contributed by atoms with E-state index in [9.17, 15) is 8.42 Å². The lowest BCUT2D eigenvalue weighted by atomic mass is 10.7. The molecular formula is C6H17N3O3S. The van der Waals surface area contributed by atoms with E-state index in [-0.39, 0.29) is 13.1 Å². The highest BCUT2D eigenvalue weighted by atomic mass is 32.2. The molecule has 0 aliphatic carbocycles. The molecule has 0 radical (unpaired) electrons. The highest BCUT2D eigenvalue weighted by molar-refractivity contribution is 7.87. The van der Waals surface area contributed by atoms with E-state index in [1.165, 1.54) is 18.5 Å². The Morgan fingerprint density at radius 1 is 1.54 bits per heavy atom. The molecule has 0 saturated heterocycles. The zero-order chi connectivity index (χ0) is 10.3. The number of nitrogens with one attached hydrogen (secondary N) is 1. The van der Waals surface area contributed by atoms with Crippen molar-refractivity contribution in [2.45, 2.75) is 0 Å². The third-order valence-electron chi connectivity index (χ3n) is 1.45. The van der Waals surface area contributed by atoms with Crippen molar-refractivity contribution in [2.75, 3.05) is 40.4 Å². The molecule has 0 rings (SSSR count). The fraction of sp³-hybridized carbons (Fsp3) is 1.00. The number of rotatable bonds is 7. The number of nitrogens with two attached hydrogens (primary N) is 1. The van der Waals surface area contributed by atoms with Crippen molar-refractivity contribution in [3.05, 3.63) is 0 Å². The van der Waals surface area contributed by atoms with Crippen molar-refractivity contribution in [2.24, 2.45) is 5.73 Å². The second-order valence-corrected chi connectivity index (χ2v) is 4.36. The van der Waals surface area contributed by atoms with E-state index >= 15 is 0 Å². The molecule has 0 aromatic rings. The lowest BCUT2D eigenvalue weighted by Crippen LogP contribution is -2.41. The van der Waals surface area contributed by atoms with Crippen molar-refractivity contribution in [1.29, 1.82) is 0 Å². The molecule has 3 N–H and O–H groups in total. The summed E-state index contributed by atoms with van der Waals surface area (Å²) in [5, 5.41) is 0. The Bertz CT molecular complexity index is 217. The fourth-order valence-corrected chi connectivity index (χ4v) is 1.55. The molecule has 80 valence electrons. The van der Waals surface area contributed by atoms with Crippen LogP contribution in [0.2, 0.25) is 0 Å². The Labute approximate surface area is 79.2 Å². The molecule has 0 aromatic carbocycles. The van der Waals surface area contributed by atoms with Gasteiger partial charge in [0.15, 0.2) is 0 Å². The van der Waals surface area contributed by atoms with E-state index in [0.717, 1.165) is 0 Å². The van der Waals surface area contributed by atoms with Gasteiger partial charge in [-0.3, -0.25) is 0 Å². The van der Waals surface area contributed by atoms with Gasteiger partial charge in [-0.15, -0.1) is 0 Å².